The number of nitrogens with one attached hydrogen (secondary N) is 1. The molecule has 0 aliphatic rings. The number of rotatable bonds is 5. The van der Waals surface area contributed by atoms with Crippen LogP contribution in [0.15, 0.2) is 11.6 Å². The normalized spacial score (nSPS) is 13.1. The van der Waals surface area contributed by atoms with E-state index < -0.39 is 5.97 Å². The smallest absolute Gasteiger partial charge is 0.328 e. The molecule has 0 bridgehead atoms. The maximum absolute atomic E-state index is 10.3. The molecule has 3 N–H and O–H groups in total. The van der Waals surface area contributed by atoms with E-state index in [0.29, 0.717) is 6.54 Å². The molecule has 0 aromatic rings. The molecule has 0 aromatic heterocycles. The Morgan fingerprint density at radius 1 is 1.54 bits per heavy atom. The lowest BCUT2D eigenvalue weighted by molar-refractivity contribution is -0.131. The summed E-state index contributed by atoms with van der Waals surface area (Å²) in [5.41, 5.74) is 0.363. The zero-order chi connectivity index (χ0) is 10.5. The molecule has 0 rings (SSSR count). The molecule has 0 amide bonds. The van der Waals surface area contributed by atoms with E-state index in [4.69, 9.17) is 10.2 Å². The third-order valence-electron chi connectivity index (χ3n) is 1.61. The highest BCUT2D eigenvalue weighted by Crippen LogP contribution is 2.01. The second-order valence-electron chi connectivity index (χ2n) is 3.72. The van der Waals surface area contributed by atoms with Crippen molar-refractivity contribution in [2.24, 2.45) is 0 Å². The van der Waals surface area contributed by atoms with Crippen LogP contribution in [0.5, 0.6) is 0 Å². The number of carbonyl (C=O) groups is 1. The Bertz CT molecular complexity index is 209. The predicted molar refractivity (Wildman–Crippen MR) is 50.6 cm³/mol. The molecule has 0 radical (unpaired) electrons. The van der Waals surface area contributed by atoms with Gasteiger partial charge in [0.1, 0.15) is 0 Å². The van der Waals surface area contributed by atoms with E-state index >= 15 is 0 Å². The fourth-order valence-corrected chi connectivity index (χ4v) is 0.696. The Balaban J connectivity index is 3.96. The summed E-state index contributed by atoms with van der Waals surface area (Å²) in [4.78, 5) is 10.3. The van der Waals surface area contributed by atoms with Gasteiger partial charge in [-0.05, 0) is 20.8 Å². The number of aliphatic hydroxyl groups is 1. The van der Waals surface area contributed by atoms with Crippen molar-refractivity contribution in [1.29, 1.82) is 0 Å². The average molecular weight is 187 g/mol. The molecule has 0 saturated carbocycles. The first-order valence-corrected chi connectivity index (χ1v) is 4.13. The second-order valence-corrected chi connectivity index (χ2v) is 3.72. The van der Waals surface area contributed by atoms with Crippen LogP contribution in [0.3, 0.4) is 0 Å². The largest absolute Gasteiger partial charge is 0.478 e. The minimum absolute atomic E-state index is 0.0212. The van der Waals surface area contributed by atoms with E-state index in [2.05, 4.69) is 5.32 Å². The molecule has 0 saturated heterocycles. The Labute approximate surface area is 78.3 Å². The molecular weight excluding hydrogens is 170 g/mol. The fourth-order valence-electron chi connectivity index (χ4n) is 0.696. The van der Waals surface area contributed by atoms with Crippen molar-refractivity contribution in [2.45, 2.75) is 26.3 Å². The minimum atomic E-state index is -0.943. The van der Waals surface area contributed by atoms with Crippen LogP contribution in [-0.4, -0.2) is 34.9 Å². The first-order chi connectivity index (χ1) is 5.87. The van der Waals surface area contributed by atoms with Crippen LogP contribution in [-0.2, 0) is 4.79 Å². The van der Waals surface area contributed by atoms with Crippen molar-refractivity contribution in [3.63, 3.8) is 0 Å². The summed E-state index contributed by atoms with van der Waals surface area (Å²) < 4.78 is 0. The van der Waals surface area contributed by atoms with Crippen molar-refractivity contribution in [2.75, 3.05) is 13.2 Å². The second kappa shape index (κ2) is 4.99. The third kappa shape index (κ3) is 6.31. The summed E-state index contributed by atoms with van der Waals surface area (Å²) in [6.45, 7) is 5.92. The molecule has 0 spiro atoms. The molecule has 0 aliphatic carbocycles. The van der Waals surface area contributed by atoms with Crippen LogP contribution in [0.4, 0.5) is 0 Å². The number of carboxylic acid groups (broad SMARTS) is 1. The van der Waals surface area contributed by atoms with Gasteiger partial charge in [0.05, 0.1) is 6.61 Å². The molecule has 0 fully saturated rings. The van der Waals surface area contributed by atoms with Crippen molar-refractivity contribution < 1.29 is 15.0 Å². The summed E-state index contributed by atoms with van der Waals surface area (Å²) in [6, 6.07) is 0. The number of aliphatic hydroxyl groups excluding tert-OH is 1. The average Bonchev–Trinajstić information content (AvgIpc) is 2.00. The van der Waals surface area contributed by atoms with E-state index in [1.54, 1.807) is 6.92 Å². The molecule has 0 aliphatic heterocycles. The molecule has 4 heteroatoms. The summed E-state index contributed by atoms with van der Waals surface area (Å²) >= 11 is 0. The van der Waals surface area contributed by atoms with Gasteiger partial charge in [0.25, 0.3) is 0 Å². The van der Waals surface area contributed by atoms with Gasteiger partial charge in [-0.1, -0.05) is 5.57 Å². The first kappa shape index (κ1) is 12.1. The molecule has 0 heterocycles. The zero-order valence-electron chi connectivity index (χ0n) is 8.29. The zero-order valence-corrected chi connectivity index (χ0v) is 8.29. The molecule has 76 valence electrons. The lowest BCUT2D eigenvalue weighted by Gasteiger charge is -2.23. The number of carboxylic acids is 1. The molecule has 0 unspecified atom stereocenters. The lowest BCUT2D eigenvalue weighted by atomic mass is 10.1. The summed E-state index contributed by atoms with van der Waals surface area (Å²) in [5.74, 6) is -0.943. The van der Waals surface area contributed by atoms with E-state index in [-0.39, 0.29) is 12.1 Å². The van der Waals surface area contributed by atoms with Gasteiger partial charge in [0.15, 0.2) is 0 Å². The molecule has 4 nitrogen and oxygen atoms in total. The lowest BCUT2D eigenvalue weighted by Crippen LogP contribution is -2.43. The Hall–Kier alpha value is -0.870. The first-order valence-electron chi connectivity index (χ1n) is 4.13. The number of aliphatic carboxylic acids is 1. The monoisotopic (exact) mass is 187 g/mol. The van der Waals surface area contributed by atoms with Crippen LogP contribution in [0.2, 0.25) is 0 Å². The van der Waals surface area contributed by atoms with E-state index in [0.717, 1.165) is 11.6 Å². The summed E-state index contributed by atoms with van der Waals surface area (Å²) in [7, 11) is 0. The van der Waals surface area contributed by atoms with E-state index in [9.17, 15) is 4.79 Å². The van der Waals surface area contributed by atoms with Crippen LogP contribution in [0.25, 0.3) is 0 Å². The highest BCUT2D eigenvalue weighted by atomic mass is 16.4. The third-order valence-corrected chi connectivity index (χ3v) is 1.61. The van der Waals surface area contributed by atoms with Crippen molar-refractivity contribution in [3.8, 4) is 0 Å². The van der Waals surface area contributed by atoms with Crippen LogP contribution < -0.4 is 5.32 Å². The van der Waals surface area contributed by atoms with Gasteiger partial charge in [-0.25, -0.2) is 4.79 Å². The summed E-state index contributed by atoms with van der Waals surface area (Å²) in [5, 5.41) is 20.3. The Morgan fingerprint density at radius 2 is 2.08 bits per heavy atom. The van der Waals surface area contributed by atoms with Gasteiger partial charge in [0, 0.05) is 18.2 Å². The molecule has 0 atom stereocenters. The van der Waals surface area contributed by atoms with Crippen molar-refractivity contribution in [3.05, 3.63) is 11.6 Å². The highest BCUT2D eigenvalue weighted by molar-refractivity contribution is 5.80. The quantitative estimate of drug-likeness (QED) is 0.544. The van der Waals surface area contributed by atoms with Gasteiger partial charge in [-0.2, -0.15) is 0 Å². The minimum Gasteiger partial charge on any atom is -0.478 e. The van der Waals surface area contributed by atoms with Crippen LogP contribution in [0.1, 0.15) is 20.8 Å². The van der Waals surface area contributed by atoms with Crippen molar-refractivity contribution >= 4 is 5.97 Å². The van der Waals surface area contributed by atoms with E-state index in [1.807, 2.05) is 13.8 Å². The molecular formula is C9H17NO3. The van der Waals surface area contributed by atoms with Crippen LogP contribution in [0, 0.1) is 0 Å². The maximum atomic E-state index is 10.3. The van der Waals surface area contributed by atoms with Gasteiger partial charge >= 0.3 is 5.97 Å². The molecule has 0 aromatic carbocycles. The predicted octanol–water partition coefficient (Wildman–Crippen LogP) is 0.378. The topological polar surface area (TPSA) is 69.6 Å². The van der Waals surface area contributed by atoms with E-state index in [1.165, 1.54) is 0 Å². The van der Waals surface area contributed by atoms with Gasteiger partial charge in [-0.15, -0.1) is 0 Å². The van der Waals surface area contributed by atoms with Gasteiger partial charge < -0.3 is 15.5 Å². The SMILES string of the molecule is CC(=CC(=O)O)CNC(C)(C)CO. The van der Waals surface area contributed by atoms with Crippen molar-refractivity contribution in [1.82, 2.24) is 5.32 Å². The van der Waals surface area contributed by atoms with Gasteiger partial charge in [0.2, 0.25) is 0 Å². The molecule has 13 heavy (non-hydrogen) atoms. The maximum Gasteiger partial charge on any atom is 0.328 e. The Morgan fingerprint density at radius 3 is 2.46 bits per heavy atom. The van der Waals surface area contributed by atoms with Crippen LogP contribution >= 0.6 is 0 Å². The number of hydrogen-bond donors (Lipinski definition) is 3. The number of hydrogen-bond acceptors (Lipinski definition) is 3. The highest BCUT2D eigenvalue weighted by Gasteiger charge is 2.14. The fraction of sp³-hybridized carbons (Fsp3) is 0.667. The Kier molecular flexibility index (Phi) is 4.66. The van der Waals surface area contributed by atoms with Gasteiger partial charge in [-0.3, -0.25) is 0 Å². The summed E-state index contributed by atoms with van der Waals surface area (Å²) in [6.07, 6.45) is 1.15. The standard InChI is InChI=1S/C9H17NO3/c1-7(4-8(12)13)5-10-9(2,3)6-11/h4,10-11H,5-6H2,1-3H3,(H,12,13).